The number of benzene rings is 1. The molecule has 0 aliphatic heterocycles. The van der Waals surface area contributed by atoms with E-state index in [-0.39, 0.29) is 5.82 Å². The van der Waals surface area contributed by atoms with E-state index >= 15 is 0 Å². The summed E-state index contributed by atoms with van der Waals surface area (Å²) in [6, 6.07) is 7.24. The highest BCUT2D eigenvalue weighted by atomic mass is 16.2. The van der Waals surface area contributed by atoms with Crippen molar-refractivity contribution in [2.24, 2.45) is 17.2 Å². The Morgan fingerprint density at radius 1 is 1.12 bits per heavy atom. The van der Waals surface area contributed by atoms with E-state index in [1.807, 2.05) is 13.0 Å². The first kappa shape index (κ1) is 12.6. The molecule has 0 atom stereocenters. The van der Waals surface area contributed by atoms with Gasteiger partial charge in [-0.25, -0.2) is 0 Å². The number of anilines is 1. The Morgan fingerprint density at radius 2 is 1.71 bits per heavy atom. The highest BCUT2D eigenvalue weighted by Gasteiger charge is 2.16. The third kappa shape index (κ3) is 3.23. The zero-order valence-electron chi connectivity index (χ0n) is 9.36. The van der Waals surface area contributed by atoms with Crippen LogP contribution in [-0.2, 0) is 9.59 Å². The standard InChI is InChI=1S/C11H14N4O2/c1-6-3-2-4-7(5-6)15-9(12)8(10(13)16)11(14)17/h2-5,15H,12H2,1H3,(H2,13,16)(H2,14,17). The van der Waals surface area contributed by atoms with Crippen molar-refractivity contribution in [1.29, 1.82) is 0 Å². The van der Waals surface area contributed by atoms with Gasteiger partial charge in [0, 0.05) is 5.69 Å². The van der Waals surface area contributed by atoms with Crippen molar-refractivity contribution in [3.8, 4) is 0 Å². The maximum absolute atomic E-state index is 11.0. The minimum atomic E-state index is -0.963. The SMILES string of the molecule is Cc1cccc(NC(N)=C(C(N)=O)C(N)=O)c1. The van der Waals surface area contributed by atoms with Crippen LogP contribution in [0.1, 0.15) is 5.56 Å². The van der Waals surface area contributed by atoms with Crippen LogP contribution in [0.2, 0.25) is 0 Å². The quantitative estimate of drug-likeness (QED) is 0.320. The van der Waals surface area contributed by atoms with E-state index in [0.29, 0.717) is 5.69 Å². The molecule has 0 heterocycles. The molecule has 0 spiro atoms. The predicted octanol–water partition coefficient (Wildman–Crippen LogP) is -0.452. The molecule has 1 aromatic carbocycles. The molecule has 1 aromatic rings. The summed E-state index contributed by atoms with van der Waals surface area (Å²) in [5.74, 6) is -2.08. The van der Waals surface area contributed by atoms with Crippen LogP contribution in [0.4, 0.5) is 5.69 Å². The maximum atomic E-state index is 11.0. The lowest BCUT2D eigenvalue weighted by atomic mass is 10.2. The van der Waals surface area contributed by atoms with Crippen molar-refractivity contribution in [2.45, 2.75) is 6.92 Å². The molecule has 0 saturated heterocycles. The van der Waals surface area contributed by atoms with Gasteiger partial charge in [0.1, 0.15) is 11.4 Å². The van der Waals surface area contributed by atoms with E-state index in [4.69, 9.17) is 17.2 Å². The van der Waals surface area contributed by atoms with Crippen LogP contribution >= 0.6 is 0 Å². The van der Waals surface area contributed by atoms with Gasteiger partial charge in [0.25, 0.3) is 11.8 Å². The van der Waals surface area contributed by atoms with E-state index in [2.05, 4.69) is 5.32 Å². The fourth-order valence-corrected chi connectivity index (χ4v) is 1.33. The second-order valence-corrected chi connectivity index (χ2v) is 3.51. The molecule has 6 heteroatoms. The molecule has 0 fully saturated rings. The molecule has 1 rings (SSSR count). The Kier molecular flexibility index (Phi) is 3.71. The van der Waals surface area contributed by atoms with Crippen molar-refractivity contribution >= 4 is 17.5 Å². The van der Waals surface area contributed by atoms with Gasteiger partial charge in [0.15, 0.2) is 0 Å². The lowest BCUT2D eigenvalue weighted by Gasteiger charge is -2.09. The molecule has 7 N–H and O–H groups in total. The Bertz CT molecular complexity index is 478. The first-order chi connectivity index (χ1) is 7.91. The number of amides is 2. The van der Waals surface area contributed by atoms with Crippen LogP contribution in [0, 0.1) is 6.92 Å². The molecule has 0 aliphatic rings. The molecule has 0 radical (unpaired) electrons. The van der Waals surface area contributed by atoms with Crippen molar-refractivity contribution < 1.29 is 9.59 Å². The molecule has 0 aliphatic carbocycles. The fourth-order valence-electron chi connectivity index (χ4n) is 1.33. The van der Waals surface area contributed by atoms with Crippen molar-refractivity contribution in [3.05, 3.63) is 41.2 Å². The summed E-state index contributed by atoms with van der Waals surface area (Å²) in [5, 5.41) is 2.70. The summed E-state index contributed by atoms with van der Waals surface area (Å²) in [6.45, 7) is 1.90. The van der Waals surface area contributed by atoms with Crippen LogP contribution in [0.25, 0.3) is 0 Å². The second-order valence-electron chi connectivity index (χ2n) is 3.51. The maximum Gasteiger partial charge on any atom is 0.258 e. The van der Waals surface area contributed by atoms with E-state index in [0.717, 1.165) is 5.56 Å². The fraction of sp³-hybridized carbons (Fsp3) is 0.0909. The van der Waals surface area contributed by atoms with E-state index in [1.165, 1.54) is 0 Å². The third-order valence-corrected chi connectivity index (χ3v) is 2.06. The Balaban J connectivity index is 3.04. The summed E-state index contributed by atoms with van der Waals surface area (Å²) in [4.78, 5) is 22.0. The van der Waals surface area contributed by atoms with Gasteiger partial charge >= 0.3 is 0 Å². The van der Waals surface area contributed by atoms with Crippen molar-refractivity contribution in [2.75, 3.05) is 5.32 Å². The average Bonchev–Trinajstić information content (AvgIpc) is 2.15. The minimum Gasteiger partial charge on any atom is -0.384 e. The normalized spacial score (nSPS) is 9.47. The molecule has 0 bridgehead atoms. The number of primary amides is 2. The van der Waals surface area contributed by atoms with Gasteiger partial charge in [-0.2, -0.15) is 0 Å². The van der Waals surface area contributed by atoms with E-state index in [9.17, 15) is 9.59 Å². The molecular formula is C11H14N4O2. The number of hydrogen-bond acceptors (Lipinski definition) is 4. The lowest BCUT2D eigenvalue weighted by molar-refractivity contribution is -0.120. The average molecular weight is 234 g/mol. The van der Waals surface area contributed by atoms with Crippen LogP contribution < -0.4 is 22.5 Å². The van der Waals surface area contributed by atoms with Gasteiger partial charge in [-0.3, -0.25) is 9.59 Å². The van der Waals surface area contributed by atoms with Gasteiger partial charge in [-0.05, 0) is 24.6 Å². The predicted molar refractivity (Wildman–Crippen MR) is 64.4 cm³/mol. The minimum absolute atomic E-state index is 0.157. The summed E-state index contributed by atoms with van der Waals surface area (Å²) >= 11 is 0. The molecule has 6 nitrogen and oxygen atoms in total. The monoisotopic (exact) mass is 234 g/mol. The Morgan fingerprint density at radius 3 is 2.18 bits per heavy atom. The number of nitrogens with one attached hydrogen (secondary N) is 1. The third-order valence-electron chi connectivity index (χ3n) is 2.06. The molecular weight excluding hydrogens is 220 g/mol. The van der Waals surface area contributed by atoms with E-state index < -0.39 is 17.4 Å². The number of hydrogen-bond donors (Lipinski definition) is 4. The summed E-state index contributed by atoms with van der Waals surface area (Å²) in [6.07, 6.45) is 0. The number of carbonyl (C=O) groups excluding carboxylic acids is 2. The number of nitrogens with two attached hydrogens (primary N) is 3. The van der Waals surface area contributed by atoms with Gasteiger partial charge in [0.05, 0.1) is 0 Å². The number of aryl methyl sites for hydroxylation is 1. The molecule has 90 valence electrons. The van der Waals surface area contributed by atoms with Crippen LogP contribution in [-0.4, -0.2) is 11.8 Å². The first-order valence-corrected chi connectivity index (χ1v) is 4.85. The lowest BCUT2D eigenvalue weighted by Crippen LogP contribution is -2.31. The summed E-state index contributed by atoms with van der Waals surface area (Å²) in [7, 11) is 0. The molecule has 17 heavy (non-hydrogen) atoms. The van der Waals surface area contributed by atoms with Gasteiger partial charge in [-0.15, -0.1) is 0 Å². The van der Waals surface area contributed by atoms with Crippen molar-refractivity contribution in [1.82, 2.24) is 0 Å². The molecule has 0 saturated carbocycles. The summed E-state index contributed by atoms with van der Waals surface area (Å²) < 4.78 is 0. The largest absolute Gasteiger partial charge is 0.384 e. The smallest absolute Gasteiger partial charge is 0.258 e. The Labute approximate surface area is 98.5 Å². The van der Waals surface area contributed by atoms with Gasteiger partial charge in [0.2, 0.25) is 0 Å². The zero-order chi connectivity index (χ0) is 13.0. The second kappa shape index (κ2) is 5.02. The molecule has 0 aromatic heterocycles. The highest BCUT2D eigenvalue weighted by Crippen LogP contribution is 2.12. The van der Waals surface area contributed by atoms with E-state index in [1.54, 1.807) is 18.2 Å². The molecule has 0 unspecified atom stereocenters. The van der Waals surface area contributed by atoms with Gasteiger partial charge in [-0.1, -0.05) is 12.1 Å². The van der Waals surface area contributed by atoms with Crippen LogP contribution in [0.5, 0.6) is 0 Å². The van der Waals surface area contributed by atoms with Gasteiger partial charge < -0.3 is 22.5 Å². The van der Waals surface area contributed by atoms with Crippen LogP contribution in [0.3, 0.4) is 0 Å². The topological polar surface area (TPSA) is 124 Å². The summed E-state index contributed by atoms with van der Waals surface area (Å²) in [5.41, 5.74) is 16.8. The Hall–Kier alpha value is -2.50. The molecule has 2 amide bonds. The zero-order valence-corrected chi connectivity index (χ0v) is 9.36. The van der Waals surface area contributed by atoms with Crippen molar-refractivity contribution in [3.63, 3.8) is 0 Å². The number of carbonyl (C=O) groups is 2. The van der Waals surface area contributed by atoms with Crippen LogP contribution in [0.15, 0.2) is 35.7 Å². The first-order valence-electron chi connectivity index (χ1n) is 4.85. The number of rotatable bonds is 4. The highest BCUT2D eigenvalue weighted by molar-refractivity contribution is 6.18.